The van der Waals surface area contributed by atoms with Crippen LogP contribution in [0, 0.1) is 5.92 Å². The number of amides is 2. The molecule has 0 bridgehead atoms. The van der Waals surface area contributed by atoms with Gasteiger partial charge in [-0.15, -0.1) is 0 Å². The Bertz CT molecular complexity index is 626. The SMILES string of the molecule is COc1cccc(C(=O)N2CCN(C(=O)C3CCCC(N)C3)CC2)c1. The van der Waals surface area contributed by atoms with Crippen molar-refractivity contribution in [3.8, 4) is 5.75 Å². The van der Waals surface area contributed by atoms with Gasteiger partial charge >= 0.3 is 0 Å². The van der Waals surface area contributed by atoms with Gasteiger partial charge in [0.2, 0.25) is 5.91 Å². The van der Waals surface area contributed by atoms with E-state index in [-0.39, 0.29) is 23.8 Å². The van der Waals surface area contributed by atoms with Gasteiger partial charge in [0.05, 0.1) is 7.11 Å². The zero-order chi connectivity index (χ0) is 17.8. The maximum absolute atomic E-state index is 12.7. The lowest BCUT2D eigenvalue weighted by atomic mass is 9.85. The average molecular weight is 345 g/mol. The first-order valence-electron chi connectivity index (χ1n) is 9.06. The molecule has 1 aliphatic carbocycles. The quantitative estimate of drug-likeness (QED) is 0.901. The van der Waals surface area contributed by atoms with Crippen LogP contribution in [-0.4, -0.2) is 60.9 Å². The Balaban J connectivity index is 1.56. The van der Waals surface area contributed by atoms with Gasteiger partial charge in [-0.05, 0) is 37.5 Å². The Hall–Kier alpha value is -2.08. The molecule has 1 aliphatic heterocycles. The van der Waals surface area contributed by atoms with Crippen molar-refractivity contribution < 1.29 is 14.3 Å². The van der Waals surface area contributed by atoms with Crippen LogP contribution in [0.3, 0.4) is 0 Å². The molecule has 0 spiro atoms. The summed E-state index contributed by atoms with van der Waals surface area (Å²) in [6.45, 7) is 2.33. The highest BCUT2D eigenvalue weighted by molar-refractivity contribution is 5.94. The highest BCUT2D eigenvalue weighted by atomic mass is 16.5. The summed E-state index contributed by atoms with van der Waals surface area (Å²) in [5, 5.41) is 0. The van der Waals surface area contributed by atoms with Gasteiger partial charge in [-0.1, -0.05) is 12.5 Å². The Morgan fingerprint density at radius 3 is 2.52 bits per heavy atom. The lowest BCUT2D eigenvalue weighted by Gasteiger charge is -2.37. The number of carbonyl (C=O) groups is 2. The van der Waals surface area contributed by atoms with E-state index in [9.17, 15) is 9.59 Å². The van der Waals surface area contributed by atoms with Crippen LogP contribution in [-0.2, 0) is 4.79 Å². The average Bonchev–Trinajstić information content (AvgIpc) is 2.67. The second kappa shape index (κ2) is 7.87. The van der Waals surface area contributed by atoms with E-state index in [1.165, 1.54) is 0 Å². The van der Waals surface area contributed by atoms with Crippen LogP contribution < -0.4 is 10.5 Å². The van der Waals surface area contributed by atoms with E-state index in [4.69, 9.17) is 10.5 Å². The molecule has 1 aromatic carbocycles. The fourth-order valence-electron chi connectivity index (χ4n) is 3.78. The lowest BCUT2D eigenvalue weighted by Crippen LogP contribution is -2.52. The molecule has 0 radical (unpaired) electrons. The normalized spacial score (nSPS) is 24.1. The standard InChI is InChI=1S/C19H27N3O3/c1-25-17-7-3-5-15(13-17)19(24)22-10-8-21(9-11-22)18(23)14-4-2-6-16(20)12-14/h3,5,7,13-14,16H,2,4,6,8-12,20H2,1H3. The molecule has 2 fully saturated rings. The summed E-state index contributed by atoms with van der Waals surface area (Å²) in [5.41, 5.74) is 6.63. The topological polar surface area (TPSA) is 75.9 Å². The van der Waals surface area contributed by atoms with Crippen molar-refractivity contribution in [3.05, 3.63) is 29.8 Å². The van der Waals surface area contributed by atoms with Crippen molar-refractivity contribution in [1.82, 2.24) is 9.80 Å². The molecule has 1 saturated carbocycles. The number of nitrogens with zero attached hydrogens (tertiary/aromatic N) is 2. The maximum atomic E-state index is 12.7. The molecular weight excluding hydrogens is 318 g/mol. The zero-order valence-corrected chi connectivity index (χ0v) is 14.8. The molecule has 1 heterocycles. The predicted molar refractivity (Wildman–Crippen MR) is 95.4 cm³/mol. The Kier molecular flexibility index (Phi) is 5.58. The van der Waals surface area contributed by atoms with Gasteiger partial charge in [-0.2, -0.15) is 0 Å². The van der Waals surface area contributed by atoms with Crippen molar-refractivity contribution in [3.63, 3.8) is 0 Å². The monoisotopic (exact) mass is 345 g/mol. The molecule has 1 aromatic rings. The first-order chi connectivity index (χ1) is 12.1. The van der Waals surface area contributed by atoms with E-state index in [1.807, 2.05) is 21.9 Å². The van der Waals surface area contributed by atoms with E-state index in [0.717, 1.165) is 25.7 Å². The van der Waals surface area contributed by atoms with E-state index in [1.54, 1.807) is 19.2 Å². The highest BCUT2D eigenvalue weighted by Gasteiger charge is 2.31. The van der Waals surface area contributed by atoms with Crippen LogP contribution in [0.15, 0.2) is 24.3 Å². The van der Waals surface area contributed by atoms with Crippen LogP contribution in [0.5, 0.6) is 5.75 Å². The van der Waals surface area contributed by atoms with Crippen molar-refractivity contribution in [2.45, 2.75) is 31.7 Å². The molecule has 2 amide bonds. The van der Waals surface area contributed by atoms with E-state index < -0.39 is 0 Å². The first kappa shape index (κ1) is 17.7. The summed E-state index contributed by atoms with van der Waals surface area (Å²) in [6, 6.07) is 7.34. The lowest BCUT2D eigenvalue weighted by molar-refractivity contribution is -0.138. The number of ether oxygens (including phenoxy) is 1. The maximum Gasteiger partial charge on any atom is 0.254 e. The molecule has 6 heteroatoms. The van der Waals surface area contributed by atoms with Crippen molar-refractivity contribution in [2.24, 2.45) is 11.7 Å². The number of nitrogens with two attached hydrogens (primary N) is 1. The summed E-state index contributed by atoms with van der Waals surface area (Å²) >= 11 is 0. The number of methoxy groups -OCH3 is 1. The smallest absolute Gasteiger partial charge is 0.254 e. The number of hydrogen-bond acceptors (Lipinski definition) is 4. The van der Waals surface area contributed by atoms with Crippen molar-refractivity contribution in [1.29, 1.82) is 0 Å². The second-order valence-corrected chi connectivity index (χ2v) is 6.97. The number of hydrogen-bond donors (Lipinski definition) is 1. The summed E-state index contributed by atoms with van der Waals surface area (Å²) in [7, 11) is 1.59. The van der Waals surface area contributed by atoms with Gasteiger partial charge in [-0.3, -0.25) is 9.59 Å². The highest BCUT2D eigenvalue weighted by Crippen LogP contribution is 2.25. The van der Waals surface area contributed by atoms with Gasteiger partial charge < -0.3 is 20.3 Å². The van der Waals surface area contributed by atoms with Crippen LogP contribution >= 0.6 is 0 Å². The molecule has 136 valence electrons. The number of carbonyl (C=O) groups excluding carboxylic acids is 2. The van der Waals surface area contributed by atoms with Crippen LogP contribution in [0.25, 0.3) is 0 Å². The molecule has 6 nitrogen and oxygen atoms in total. The number of benzene rings is 1. The minimum atomic E-state index is -0.00862. The van der Waals surface area contributed by atoms with Crippen molar-refractivity contribution in [2.75, 3.05) is 33.3 Å². The van der Waals surface area contributed by atoms with E-state index in [0.29, 0.717) is 37.5 Å². The second-order valence-electron chi connectivity index (χ2n) is 6.97. The summed E-state index contributed by atoms with van der Waals surface area (Å²) in [4.78, 5) is 29.0. The van der Waals surface area contributed by atoms with Crippen molar-refractivity contribution >= 4 is 11.8 Å². The molecule has 2 atom stereocenters. The predicted octanol–water partition coefficient (Wildman–Crippen LogP) is 1.50. The molecule has 2 unspecified atom stereocenters. The molecule has 1 saturated heterocycles. The van der Waals surface area contributed by atoms with Gasteiger partial charge in [0.1, 0.15) is 5.75 Å². The van der Waals surface area contributed by atoms with Crippen LogP contribution in [0.4, 0.5) is 0 Å². The molecular formula is C19H27N3O3. The summed E-state index contributed by atoms with van der Waals surface area (Å²) in [5.74, 6) is 0.937. The number of piperazine rings is 1. The van der Waals surface area contributed by atoms with Crippen LogP contribution in [0.2, 0.25) is 0 Å². The minimum absolute atomic E-state index is 0.00862. The molecule has 0 aromatic heterocycles. The van der Waals surface area contributed by atoms with Gasteiger partial charge in [0.15, 0.2) is 0 Å². The fraction of sp³-hybridized carbons (Fsp3) is 0.579. The fourth-order valence-corrected chi connectivity index (χ4v) is 3.78. The Morgan fingerprint density at radius 2 is 1.84 bits per heavy atom. The molecule has 2 aliphatic rings. The third kappa shape index (κ3) is 4.12. The first-order valence-corrected chi connectivity index (χ1v) is 9.06. The van der Waals surface area contributed by atoms with E-state index >= 15 is 0 Å². The largest absolute Gasteiger partial charge is 0.497 e. The third-order valence-electron chi connectivity index (χ3n) is 5.26. The molecule has 25 heavy (non-hydrogen) atoms. The van der Waals surface area contributed by atoms with E-state index in [2.05, 4.69) is 0 Å². The Morgan fingerprint density at radius 1 is 1.12 bits per heavy atom. The summed E-state index contributed by atoms with van der Waals surface area (Å²) in [6.07, 6.45) is 3.79. The minimum Gasteiger partial charge on any atom is -0.497 e. The van der Waals surface area contributed by atoms with Gasteiger partial charge in [0.25, 0.3) is 5.91 Å². The van der Waals surface area contributed by atoms with Crippen LogP contribution in [0.1, 0.15) is 36.0 Å². The van der Waals surface area contributed by atoms with Gasteiger partial charge in [0, 0.05) is 43.7 Å². The Labute approximate surface area is 148 Å². The zero-order valence-electron chi connectivity index (χ0n) is 14.8. The number of rotatable bonds is 3. The third-order valence-corrected chi connectivity index (χ3v) is 5.26. The molecule has 3 rings (SSSR count). The molecule has 2 N–H and O–H groups in total. The summed E-state index contributed by atoms with van der Waals surface area (Å²) < 4.78 is 5.18. The van der Waals surface area contributed by atoms with Gasteiger partial charge in [-0.25, -0.2) is 0 Å².